The van der Waals surface area contributed by atoms with E-state index >= 15 is 0 Å². The van der Waals surface area contributed by atoms with Crippen LogP contribution >= 0.6 is 19.1 Å². The van der Waals surface area contributed by atoms with Crippen molar-refractivity contribution in [2.45, 2.75) is 0 Å². The van der Waals surface area contributed by atoms with Crippen LogP contribution in [0.2, 0.25) is 0 Å². The van der Waals surface area contributed by atoms with Gasteiger partial charge in [-0.3, -0.25) is 0 Å². The van der Waals surface area contributed by atoms with Crippen LogP contribution < -0.4 is 0 Å². The van der Waals surface area contributed by atoms with E-state index < -0.39 is 7.81 Å². The first-order valence-electron chi connectivity index (χ1n) is 6.24. The van der Waals surface area contributed by atoms with Crippen molar-refractivity contribution in [3.8, 4) is 10.4 Å². The van der Waals surface area contributed by atoms with Crippen molar-refractivity contribution in [3.05, 3.63) is 79.9 Å². The molecule has 0 unspecified atom stereocenters. The average molecular weight is 426 g/mol. The summed E-state index contributed by atoms with van der Waals surface area (Å²) in [6.07, 6.45) is 10.0. The number of thiophene rings is 1. The van der Waals surface area contributed by atoms with E-state index in [1.165, 1.54) is 10.4 Å². The van der Waals surface area contributed by atoms with Gasteiger partial charge in [0.2, 0.25) is 0 Å². The summed E-state index contributed by atoms with van der Waals surface area (Å²) in [7, 11) is -10.7. The van der Waals surface area contributed by atoms with Crippen molar-refractivity contribution in [3.63, 3.8) is 0 Å². The zero-order valence-electron chi connectivity index (χ0n) is 12.0. The van der Waals surface area contributed by atoms with Crippen LogP contribution in [0.15, 0.2) is 47.8 Å². The molecule has 0 amide bonds. The van der Waals surface area contributed by atoms with Gasteiger partial charge >= 0.3 is 33.0 Å². The van der Waals surface area contributed by atoms with E-state index in [9.17, 15) is 25.2 Å². The molecule has 0 N–H and O–H groups in total. The van der Waals surface area contributed by atoms with Gasteiger partial charge < -0.3 is 0 Å². The third kappa shape index (κ3) is 16.3. The maximum atomic E-state index is 9.87. The van der Waals surface area contributed by atoms with Crippen molar-refractivity contribution in [2.24, 2.45) is 0 Å². The zero-order valence-corrected chi connectivity index (χ0v) is 14.8. The van der Waals surface area contributed by atoms with Crippen molar-refractivity contribution in [1.82, 2.24) is 0 Å². The van der Waals surface area contributed by atoms with E-state index in [4.69, 9.17) is 0 Å². The van der Waals surface area contributed by atoms with Crippen LogP contribution in [0.5, 0.6) is 0 Å². The van der Waals surface area contributed by atoms with Gasteiger partial charge in [-0.05, 0) is 49.1 Å². The second-order valence-electron chi connectivity index (χ2n) is 4.26. The van der Waals surface area contributed by atoms with Gasteiger partial charge in [-0.2, -0.15) is 0 Å². The third-order valence-electron chi connectivity index (χ3n) is 2.14. The Morgan fingerprint density at radius 3 is 1.38 bits per heavy atom. The Morgan fingerprint density at radius 2 is 1.04 bits per heavy atom. The first-order valence-corrected chi connectivity index (χ1v) is 9.14. The summed E-state index contributed by atoms with van der Waals surface area (Å²) in [4.78, 5) is 1.34. The van der Waals surface area contributed by atoms with Gasteiger partial charge in [0.25, 0.3) is 0 Å². The van der Waals surface area contributed by atoms with Crippen molar-refractivity contribution in [2.75, 3.05) is 0 Å². The molecule has 1 saturated carbocycles. The number of rotatable bonds is 1. The second kappa shape index (κ2) is 8.70. The van der Waals surface area contributed by atoms with E-state index in [-0.39, 0.29) is 17.1 Å². The minimum absolute atomic E-state index is 0. The molecule has 0 atom stereocenters. The molecule has 1 aromatic carbocycles. The van der Waals surface area contributed by atoms with Gasteiger partial charge in [-0.15, -0.1) is 11.3 Å². The molecule has 9 heteroatoms. The molecule has 0 nitrogen and oxygen atoms in total. The molecule has 0 spiro atoms. The third-order valence-corrected chi connectivity index (χ3v) is 3.05. The summed E-state index contributed by atoms with van der Waals surface area (Å²) in [5, 5.41) is 2.10. The first kappa shape index (κ1) is 23.4. The van der Waals surface area contributed by atoms with Gasteiger partial charge in [0.05, 0.1) is 0 Å². The molecule has 0 saturated heterocycles. The predicted molar refractivity (Wildman–Crippen MR) is 84.8 cm³/mol. The SMILES string of the molecule is F[P-](F)(F)(F)(F)F.[CH]1[CH][CH][CH][CH]1.[Fe].c1ccc(-c2cccs2)cc1. The van der Waals surface area contributed by atoms with Gasteiger partial charge in [-0.1, -0.05) is 36.4 Å². The van der Waals surface area contributed by atoms with E-state index in [1.807, 2.05) is 38.2 Å². The summed E-state index contributed by atoms with van der Waals surface area (Å²) in [5.41, 5.74) is 1.31. The van der Waals surface area contributed by atoms with Crippen LogP contribution in [0.25, 0.3) is 10.4 Å². The Balaban J connectivity index is 0.000000354. The molecule has 3 rings (SSSR count). The van der Waals surface area contributed by atoms with Gasteiger partial charge in [0.15, 0.2) is 0 Å². The number of halogens is 6. The van der Waals surface area contributed by atoms with Gasteiger partial charge in [0.1, 0.15) is 0 Å². The molecule has 1 aliphatic rings. The van der Waals surface area contributed by atoms with Crippen LogP contribution in [-0.2, 0) is 17.1 Å². The van der Waals surface area contributed by atoms with Crippen LogP contribution in [0.4, 0.5) is 25.2 Å². The molecule has 2 aromatic rings. The molecule has 1 aliphatic carbocycles. The zero-order chi connectivity index (χ0) is 17.5. The van der Waals surface area contributed by atoms with Crippen molar-refractivity contribution >= 4 is 19.1 Å². The van der Waals surface area contributed by atoms with Crippen molar-refractivity contribution < 1.29 is 42.3 Å². The minimum Gasteiger partial charge on any atom is -0.144 e. The van der Waals surface area contributed by atoms with E-state index in [0.717, 1.165) is 0 Å². The summed E-state index contributed by atoms with van der Waals surface area (Å²) in [6, 6.07) is 14.6. The van der Waals surface area contributed by atoms with Crippen LogP contribution in [0.3, 0.4) is 0 Å². The van der Waals surface area contributed by atoms with Crippen LogP contribution in [0.1, 0.15) is 0 Å². The largest absolute Gasteiger partial charge is 0.144 e. The molecule has 1 aromatic heterocycles. The molecular weight excluding hydrogens is 413 g/mol. The Morgan fingerprint density at radius 1 is 0.625 bits per heavy atom. The fraction of sp³-hybridized carbons (Fsp3) is 0. The first-order chi connectivity index (χ1) is 10.4. The summed E-state index contributed by atoms with van der Waals surface area (Å²) in [5.74, 6) is 0. The topological polar surface area (TPSA) is 0 Å². The monoisotopic (exact) mass is 426 g/mol. The smallest absolute Gasteiger partial charge is 0.0342 e. The summed E-state index contributed by atoms with van der Waals surface area (Å²) in [6.45, 7) is 0. The Hall–Kier alpha value is -0.551. The average Bonchev–Trinajstić information content (AvgIpc) is 3.13. The minimum atomic E-state index is -10.7. The fourth-order valence-corrected chi connectivity index (χ4v) is 2.10. The fourth-order valence-electron chi connectivity index (χ4n) is 1.37. The normalized spacial score (nSPS) is 16.2. The molecule has 24 heavy (non-hydrogen) atoms. The molecule has 1 fully saturated rings. The maximum absolute atomic E-state index is 10.7. The number of benzene rings is 1. The van der Waals surface area contributed by atoms with Gasteiger partial charge in [0, 0.05) is 21.9 Å². The number of hydrogen-bond donors (Lipinski definition) is 0. The molecule has 5 radical (unpaired) electrons. The van der Waals surface area contributed by atoms with Crippen molar-refractivity contribution in [1.29, 1.82) is 0 Å². The van der Waals surface area contributed by atoms with E-state index in [2.05, 4.69) is 41.8 Å². The maximum Gasteiger partial charge on any atom is 0.0342 e. The molecule has 1 heterocycles. The standard InChI is InChI=1S/C10H8S.C5H5.F6P.Fe/c1-2-5-9(6-3-1)10-7-4-8-11-10;1-2-4-5-3-1;1-7(2,3,4,5)6;/h1-8H;1-5H;;/q;;-1;. The number of hydrogen-bond acceptors (Lipinski definition) is 1. The molecular formula is C15H13F6FePS-. The molecule has 0 aliphatic heterocycles. The predicted octanol–water partition coefficient (Wildman–Crippen LogP) is 7.82. The Bertz CT molecular complexity index is 545. The van der Waals surface area contributed by atoms with E-state index in [1.54, 1.807) is 11.3 Å². The van der Waals surface area contributed by atoms with E-state index in [0.29, 0.717) is 0 Å². The molecule has 0 bridgehead atoms. The van der Waals surface area contributed by atoms with Crippen LogP contribution in [0, 0.1) is 32.1 Å². The Labute approximate surface area is 152 Å². The van der Waals surface area contributed by atoms with Gasteiger partial charge in [-0.25, -0.2) is 0 Å². The molecule has 135 valence electrons. The second-order valence-corrected chi connectivity index (χ2v) is 7.13. The summed E-state index contributed by atoms with van der Waals surface area (Å²) < 4.78 is 59.2. The Kier molecular flexibility index (Phi) is 8.50. The quantitative estimate of drug-likeness (QED) is 0.248. The van der Waals surface area contributed by atoms with Crippen LogP contribution in [-0.4, -0.2) is 0 Å². The summed E-state index contributed by atoms with van der Waals surface area (Å²) >= 11 is 1.78.